The lowest BCUT2D eigenvalue weighted by Gasteiger charge is -2.20. The number of hydrogen-bond donors (Lipinski definition) is 1. The Kier molecular flexibility index (Phi) is 9.15. The summed E-state index contributed by atoms with van der Waals surface area (Å²) in [5.41, 5.74) is -0.559. The highest BCUT2D eigenvalue weighted by Crippen LogP contribution is 2.25. The summed E-state index contributed by atoms with van der Waals surface area (Å²) in [6.45, 7) is 11.1. The Morgan fingerprint density at radius 3 is 1.61 bits per heavy atom. The van der Waals surface area contributed by atoms with Gasteiger partial charge in [-0.25, -0.2) is 0 Å². The molecular formula is C12H22Br2O4. The van der Waals surface area contributed by atoms with Gasteiger partial charge in [0.15, 0.2) is 0 Å². The fraction of sp³-hybridized carbons (Fsp3) is 0.833. The maximum absolute atomic E-state index is 10.6. The van der Waals surface area contributed by atoms with Crippen LogP contribution in [-0.4, -0.2) is 32.8 Å². The number of esters is 1. The standard InChI is InChI=1S/2C6H11BrO2/c1-6(2,3)9-5(8)4-7;1-6(2,3)4(7)5(8)9/h4H2,1-3H3;4H,1-3H3,(H,8,9). The number of aliphatic carboxylic acids is 1. The molecule has 0 aliphatic carbocycles. The monoisotopic (exact) mass is 388 g/mol. The van der Waals surface area contributed by atoms with Gasteiger partial charge in [-0.05, 0) is 26.2 Å². The summed E-state index contributed by atoms with van der Waals surface area (Å²) in [7, 11) is 0. The van der Waals surface area contributed by atoms with Crippen LogP contribution in [0.3, 0.4) is 0 Å². The first kappa shape index (κ1) is 20.2. The number of rotatable bonds is 2. The van der Waals surface area contributed by atoms with E-state index >= 15 is 0 Å². The van der Waals surface area contributed by atoms with Gasteiger partial charge < -0.3 is 9.84 Å². The molecule has 108 valence electrons. The lowest BCUT2D eigenvalue weighted by atomic mass is 9.92. The zero-order chi connectivity index (χ0) is 15.1. The van der Waals surface area contributed by atoms with Gasteiger partial charge in [0, 0.05) is 0 Å². The van der Waals surface area contributed by atoms with E-state index < -0.39 is 10.8 Å². The molecule has 1 unspecified atom stereocenters. The molecule has 4 nitrogen and oxygen atoms in total. The van der Waals surface area contributed by atoms with Crippen LogP contribution in [0.2, 0.25) is 0 Å². The molecule has 0 aromatic carbocycles. The van der Waals surface area contributed by atoms with Crippen molar-refractivity contribution in [2.24, 2.45) is 5.41 Å². The van der Waals surface area contributed by atoms with Crippen LogP contribution in [0.5, 0.6) is 0 Å². The van der Waals surface area contributed by atoms with Gasteiger partial charge in [0.25, 0.3) is 0 Å². The van der Waals surface area contributed by atoms with E-state index in [4.69, 9.17) is 9.84 Å². The number of carboxylic acid groups (broad SMARTS) is 1. The molecule has 0 fully saturated rings. The SMILES string of the molecule is CC(C)(C)C(Br)C(=O)O.CC(C)(C)OC(=O)CBr. The van der Waals surface area contributed by atoms with Crippen molar-refractivity contribution >= 4 is 43.8 Å². The summed E-state index contributed by atoms with van der Waals surface area (Å²) in [6, 6.07) is 0. The lowest BCUT2D eigenvalue weighted by molar-refractivity contribution is -0.151. The Hall–Kier alpha value is -0.100. The van der Waals surface area contributed by atoms with Crippen molar-refractivity contribution in [2.75, 3.05) is 5.33 Å². The van der Waals surface area contributed by atoms with Gasteiger partial charge in [-0.2, -0.15) is 0 Å². The second kappa shape index (κ2) is 8.15. The first-order valence-electron chi connectivity index (χ1n) is 5.46. The highest BCUT2D eigenvalue weighted by atomic mass is 79.9. The maximum atomic E-state index is 10.6. The van der Waals surface area contributed by atoms with E-state index in [9.17, 15) is 9.59 Å². The summed E-state index contributed by atoms with van der Waals surface area (Å²) in [5, 5.41) is 8.74. The van der Waals surface area contributed by atoms with Gasteiger partial charge in [0.05, 0.1) is 0 Å². The van der Waals surface area contributed by atoms with E-state index in [0.717, 1.165) is 0 Å². The van der Waals surface area contributed by atoms with Crippen molar-refractivity contribution in [1.29, 1.82) is 0 Å². The van der Waals surface area contributed by atoms with E-state index in [1.807, 2.05) is 41.5 Å². The molecule has 0 aromatic heterocycles. The second-order valence-electron chi connectivity index (χ2n) is 5.79. The Morgan fingerprint density at radius 2 is 1.56 bits per heavy atom. The van der Waals surface area contributed by atoms with Crippen LogP contribution >= 0.6 is 31.9 Å². The fourth-order valence-electron chi connectivity index (χ4n) is 0.739. The molecule has 0 spiro atoms. The van der Waals surface area contributed by atoms with Crippen LogP contribution in [0.25, 0.3) is 0 Å². The Labute approximate surface area is 126 Å². The molecule has 0 aromatic rings. The summed E-state index contributed by atoms with van der Waals surface area (Å²) >= 11 is 6.06. The summed E-state index contributed by atoms with van der Waals surface area (Å²) in [6.07, 6.45) is 0. The minimum absolute atomic E-state index is 0.203. The van der Waals surface area contributed by atoms with Crippen LogP contribution in [-0.2, 0) is 14.3 Å². The van der Waals surface area contributed by atoms with Gasteiger partial charge in [-0.1, -0.05) is 52.6 Å². The van der Waals surface area contributed by atoms with E-state index in [1.165, 1.54) is 0 Å². The molecule has 0 radical (unpaired) electrons. The molecule has 0 aliphatic heterocycles. The minimum Gasteiger partial charge on any atom is -0.480 e. The van der Waals surface area contributed by atoms with Crippen molar-refractivity contribution in [2.45, 2.75) is 52.0 Å². The highest BCUT2D eigenvalue weighted by molar-refractivity contribution is 9.10. The van der Waals surface area contributed by atoms with E-state index in [-0.39, 0.29) is 22.3 Å². The van der Waals surface area contributed by atoms with Gasteiger partial charge in [-0.3, -0.25) is 9.59 Å². The first-order valence-corrected chi connectivity index (χ1v) is 7.49. The van der Waals surface area contributed by atoms with Crippen LogP contribution < -0.4 is 0 Å². The zero-order valence-electron chi connectivity index (χ0n) is 11.7. The first-order chi connectivity index (χ1) is 7.81. The number of hydrogen-bond acceptors (Lipinski definition) is 3. The molecule has 1 atom stereocenters. The molecule has 0 bridgehead atoms. The molecule has 0 aliphatic rings. The molecule has 0 rings (SSSR count). The third-order valence-electron chi connectivity index (χ3n) is 1.51. The van der Waals surface area contributed by atoms with Crippen LogP contribution in [0, 0.1) is 5.41 Å². The molecule has 6 heteroatoms. The van der Waals surface area contributed by atoms with Crippen LogP contribution in [0.4, 0.5) is 0 Å². The number of alkyl halides is 2. The predicted octanol–water partition coefficient (Wildman–Crippen LogP) is 3.60. The third-order valence-corrected chi connectivity index (χ3v) is 3.73. The largest absolute Gasteiger partial charge is 0.480 e. The predicted molar refractivity (Wildman–Crippen MR) is 79.4 cm³/mol. The molecule has 0 amide bonds. The average Bonchev–Trinajstić information content (AvgIpc) is 2.13. The Morgan fingerprint density at radius 1 is 1.17 bits per heavy atom. The molecule has 18 heavy (non-hydrogen) atoms. The number of carboxylic acids is 1. The lowest BCUT2D eigenvalue weighted by Crippen LogP contribution is -2.28. The summed E-state index contributed by atoms with van der Waals surface area (Å²) in [4.78, 5) is 20.4. The smallest absolute Gasteiger partial charge is 0.317 e. The topological polar surface area (TPSA) is 63.6 Å². The number of halogens is 2. The van der Waals surface area contributed by atoms with Crippen molar-refractivity contribution in [3.8, 4) is 0 Å². The quantitative estimate of drug-likeness (QED) is 0.578. The van der Waals surface area contributed by atoms with E-state index in [1.54, 1.807) is 0 Å². The maximum Gasteiger partial charge on any atom is 0.317 e. The Bertz CT molecular complexity index is 275. The summed E-state index contributed by atoms with van der Waals surface area (Å²) < 4.78 is 4.90. The molecular weight excluding hydrogens is 368 g/mol. The molecule has 0 heterocycles. The van der Waals surface area contributed by atoms with Crippen molar-refractivity contribution in [3.63, 3.8) is 0 Å². The van der Waals surface area contributed by atoms with Gasteiger partial charge >= 0.3 is 11.9 Å². The van der Waals surface area contributed by atoms with Gasteiger partial charge in [-0.15, -0.1) is 0 Å². The van der Waals surface area contributed by atoms with Crippen molar-refractivity contribution in [3.05, 3.63) is 0 Å². The van der Waals surface area contributed by atoms with Gasteiger partial charge in [0.1, 0.15) is 15.8 Å². The number of ether oxygens (including phenoxy) is 1. The third kappa shape index (κ3) is 12.4. The Balaban J connectivity index is 0. The zero-order valence-corrected chi connectivity index (χ0v) is 14.9. The average molecular weight is 390 g/mol. The molecule has 0 saturated heterocycles. The number of carbonyl (C=O) groups is 2. The van der Waals surface area contributed by atoms with E-state index in [0.29, 0.717) is 0 Å². The molecule has 1 N–H and O–H groups in total. The minimum atomic E-state index is -0.803. The highest BCUT2D eigenvalue weighted by Gasteiger charge is 2.27. The van der Waals surface area contributed by atoms with Crippen molar-refractivity contribution < 1.29 is 19.4 Å². The van der Waals surface area contributed by atoms with Crippen molar-refractivity contribution in [1.82, 2.24) is 0 Å². The van der Waals surface area contributed by atoms with Crippen LogP contribution in [0.15, 0.2) is 0 Å². The van der Waals surface area contributed by atoms with E-state index in [2.05, 4.69) is 31.9 Å². The van der Waals surface area contributed by atoms with Gasteiger partial charge in [0.2, 0.25) is 0 Å². The van der Waals surface area contributed by atoms with Crippen LogP contribution in [0.1, 0.15) is 41.5 Å². The number of carbonyl (C=O) groups excluding carboxylic acids is 1. The molecule has 0 saturated carbocycles. The second-order valence-corrected chi connectivity index (χ2v) is 7.26. The fourth-order valence-corrected chi connectivity index (χ4v) is 0.854. The normalized spacial score (nSPS) is 13.1. The summed E-state index contributed by atoms with van der Waals surface area (Å²) in [5.74, 6) is -1.02.